The molecule has 4 nitrogen and oxygen atoms in total. The average Bonchev–Trinajstić information content (AvgIpc) is 3.30. The van der Waals surface area contributed by atoms with Crippen molar-refractivity contribution in [1.29, 1.82) is 0 Å². The molecular weight excluding hydrogens is 793 g/mol. The fourth-order valence-corrected chi connectivity index (χ4v) is 8.61. The predicted octanol–water partition coefficient (Wildman–Crippen LogP) is 19.8. The summed E-state index contributed by atoms with van der Waals surface area (Å²) >= 11 is 0. The molecule has 0 bridgehead atoms. The van der Waals surface area contributed by atoms with Gasteiger partial charge in [-0.2, -0.15) is 0 Å². The van der Waals surface area contributed by atoms with Gasteiger partial charge in [0.1, 0.15) is 6.10 Å². The highest BCUT2D eigenvalue weighted by molar-refractivity contribution is 5.67. The summed E-state index contributed by atoms with van der Waals surface area (Å²) in [7, 11) is 6.14. The molecule has 2 atom stereocenters. The lowest BCUT2D eigenvalue weighted by Gasteiger charge is -2.30. The zero-order valence-corrected chi connectivity index (χ0v) is 44.6. The van der Waals surface area contributed by atoms with Gasteiger partial charge in [-0.3, -0.25) is 0 Å². The molecule has 0 aromatic heterocycles. The van der Waals surface area contributed by atoms with Crippen molar-refractivity contribution >= 4 is 6.09 Å². The van der Waals surface area contributed by atoms with Crippen LogP contribution in [-0.2, 0) is 4.74 Å². The van der Waals surface area contributed by atoms with Crippen LogP contribution < -0.4 is 0 Å². The van der Waals surface area contributed by atoms with E-state index in [9.17, 15) is 4.79 Å². The van der Waals surface area contributed by atoms with Crippen molar-refractivity contribution in [3.8, 4) is 0 Å². The van der Waals surface area contributed by atoms with Crippen LogP contribution in [0.1, 0.15) is 265 Å². The molecule has 2 unspecified atom stereocenters. The average molecular weight is 906 g/mol. The van der Waals surface area contributed by atoms with Crippen LogP contribution in [0.2, 0.25) is 0 Å². The Bertz CT molecular complexity index is 1150. The Kier molecular flexibility index (Phi) is 50.7. The minimum Gasteiger partial charge on any atom is -0.446 e. The van der Waals surface area contributed by atoms with E-state index in [0.717, 1.165) is 51.6 Å². The molecule has 0 spiro atoms. The SMILES string of the molecule is CCCCC/C=C\C/C=C\CCCCCCCCC(CCCCCCC/C=C\C/C=C\CCCCC)C(CCCCCCC/C=C\C/C=C\CCCCC)OC(=O)N(C)CCCN(C)C. The van der Waals surface area contributed by atoms with Crippen molar-refractivity contribution in [2.45, 2.75) is 271 Å². The number of carbonyl (C=O) groups excluding carboxylic acids is 1. The lowest BCUT2D eigenvalue weighted by Crippen LogP contribution is -2.36. The largest absolute Gasteiger partial charge is 0.446 e. The summed E-state index contributed by atoms with van der Waals surface area (Å²) in [5.41, 5.74) is 0. The Labute approximate surface area is 407 Å². The number of hydrogen-bond donors (Lipinski definition) is 0. The van der Waals surface area contributed by atoms with Crippen molar-refractivity contribution in [2.24, 2.45) is 5.92 Å². The number of ether oxygens (including phenoxy) is 1. The van der Waals surface area contributed by atoms with Gasteiger partial charge in [0, 0.05) is 13.6 Å². The fraction of sp³-hybridized carbons (Fsp3) is 0.787. The van der Waals surface area contributed by atoms with Crippen LogP contribution >= 0.6 is 0 Å². The third kappa shape index (κ3) is 48.0. The molecule has 378 valence electrons. The number of carbonyl (C=O) groups is 1. The molecule has 65 heavy (non-hydrogen) atoms. The first-order chi connectivity index (χ1) is 32.0. The number of hydrogen-bond acceptors (Lipinski definition) is 3. The summed E-state index contributed by atoms with van der Waals surface area (Å²) in [5.74, 6) is 0.462. The molecule has 1 amide bonds. The van der Waals surface area contributed by atoms with E-state index in [0.29, 0.717) is 5.92 Å². The van der Waals surface area contributed by atoms with E-state index in [4.69, 9.17) is 4.74 Å². The van der Waals surface area contributed by atoms with Gasteiger partial charge < -0.3 is 14.5 Å². The van der Waals surface area contributed by atoms with E-state index < -0.39 is 0 Å². The molecule has 4 heteroatoms. The van der Waals surface area contributed by atoms with Crippen molar-refractivity contribution in [3.05, 3.63) is 72.9 Å². The van der Waals surface area contributed by atoms with Crippen LogP contribution in [0.15, 0.2) is 72.9 Å². The van der Waals surface area contributed by atoms with Gasteiger partial charge >= 0.3 is 6.09 Å². The maximum Gasteiger partial charge on any atom is 0.409 e. The standard InChI is InChI=1S/C61H112N2O2/c1-7-10-13-16-19-22-25-28-31-34-36-39-42-45-48-51-55-59(54-50-47-44-41-38-35-32-29-26-23-20-17-14-11-8-2)60(65-61(64)63(6)58-53-57-62(4)5)56-52-49-46-43-40-37-33-30-27-24-21-18-15-12-9-3/h19-24,28-33,59-60H,7-18,25-27,34-58H2,1-6H3/b22-19-,23-20-,24-21-,31-28-,32-29-,33-30-. The molecule has 0 aliphatic carbocycles. The van der Waals surface area contributed by atoms with Gasteiger partial charge in [0.05, 0.1) is 0 Å². The normalized spacial score (nSPS) is 13.4. The maximum absolute atomic E-state index is 13.6. The number of rotatable bonds is 49. The van der Waals surface area contributed by atoms with Crippen LogP contribution in [0.3, 0.4) is 0 Å². The summed E-state index contributed by atoms with van der Waals surface area (Å²) in [6.07, 6.45) is 75.5. The molecule has 0 radical (unpaired) electrons. The Morgan fingerprint density at radius 1 is 0.369 bits per heavy atom. The second-order valence-electron chi connectivity index (χ2n) is 19.7. The third-order valence-electron chi connectivity index (χ3n) is 12.9. The van der Waals surface area contributed by atoms with E-state index in [1.165, 1.54) is 205 Å². The predicted molar refractivity (Wildman–Crippen MR) is 292 cm³/mol. The van der Waals surface area contributed by atoms with Gasteiger partial charge in [-0.25, -0.2) is 4.79 Å². The van der Waals surface area contributed by atoms with Crippen molar-refractivity contribution in [2.75, 3.05) is 34.2 Å². The van der Waals surface area contributed by atoms with Gasteiger partial charge in [0.2, 0.25) is 0 Å². The summed E-state index contributed by atoms with van der Waals surface area (Å²) in [6, 6.07) is 0. The number of nitrogens with zero attached hydrogens (tertiary/aromatic N) is 2. The molecule has 0 saturated carbocycles. The quantitative estimate of drug-likeness (QED) is 0.0450. The van der Waals surface area contributed by atoms with Gasteiger partial charge in [-0.15, -0.1) is 0 Å². The molecule has 0 rings (SSSR count). The van der Waals surface area contributed by atoms with E-state index >= 15 is 0 Å². The molecule has 0 saturated heterocycles. The molecule has 0 aliphatic heterocycles. The zero-order chi connectivity index (χ0) is 47.4. The van der Waals surface area contributed by atoms with Crippen molar-refractivity contribution in [1.82, 2.24) is 9.80 Å². The van der Waals surface area contributed by atoms with Gasteiger partial charge in [0.25, 0.3) is 0 Å². The maximum atomic E-state index is 13.6. The lowest BCUT2D eigenvalue weighted by atomic mass is 9.87. The molecule has 0 aromatic carbocycles. The zero-order valence-electron chi connectivity index (χ0n) is 44.6. The highest BCUT2D eigenvalue weighted by Crippen LogP contribution is 2.28. The van der Waals surface area contributed by atoms with Crippen LogP contribution in [0.4, 0.5) is 4.79 Å². The monoisotopic (exact) mass is 905 g/mol. The molecule has 0 fully saturated rings. The minimum atomic E-state index is -0.113. The van der Waals surface area contributed by atoms with Crippen molar-refractivity contribution in [3.63, 3.8) is 0 Å². The Hall–Kier alpha value is -2.33. The smallest absolute Gasteiger partial charge is 0.409 e. The fourth-order valence-electron chi connectivity index (χ4n) is 8.61. The Morgan fingerprint density at radius 2 is 0.677 bits per heavy atom. The second kappa shape index (κ2) is 52.6. The number of unbranched alkanes of at least 4 members (excludes halogenated alkanes) is 25. The van der Waals surface area contributed by atoms with Gasteiger partial charge in [-0.05, 0) is 155 Å². The first kappa shape index (κ1) is 62.7. The van der Waals surface area contributed by atoms with Gasteiger partial charge in [0.15, 0.2) is 0 Å². The van der Waals surface area contributed by atoms with E-state index in [1.807, 2.05) is 11.9 Å². The summed E-state index contributed by atoms with van der Waals surface area (Å²) in [4.78, 5) is 17.6. The third-order valence-corrected chi connectivity index (χ3v) is 12.9. The van der Waals surface area contributed by atoms with E-state index in [2.05, 4.69) is 113 Å². The Morgan fingerprint density at radius 3 is 1.02 bits per heavy atom. The molecule has 0 aromatic rings. The highest BCUT2D eigenvalue weighted by Gasteiger charge is 2.26. The topological polar surface area (TPSA) is 32.8 Å². The molecule has 0 aliphatic rings. The first-order valence-corrected chi connectivity index (χ1v) is 28.4. The van der Waals surface area contributed by atoms with E-state index in [-0.39, 0.29) is 12.2 Å². The summed E-state index contributed by atoms with van der Waals surface area (Å²) in [5, 5.41) is 0. The van der Waals surface area contributed by atoms with Crippen LogP contribution in [-0.4, -0.2) is 56.2 Å². The van der Waals surface area contributed by atoms with Crippen LogP contribution in [0, 0.1) is 5.92 Å². The lowest BCUT2D eigenvalue weighted by molar-refractivity contribution is 0.0264. The first-order valence-electron chi connectivity index (χ1n) is 28.4. The summed E-state index contributed by atoms with van der Waals surface area (Å²) < 4.78 is 6.54. The molecular formula is C61H112N2O2. The minimum absolute atomic E-state index is 0.0283. The second-order valence-corrected chi connectivity index (χ2v) is 19.7. The van der Waals surface area contributed by atoms with Crippen LogP contribution in [0.25, 0.3) is 0 Å². The van der Waals surface area contributed by atoms with Gasteiger partial charge in [-0.1, -0.05) is 209 Å². The number of amides is 1. The van der Waals surface area contributed by atoms with E-state index in [1.54, 1.807) is 0 Å². The van der Waals surface area contributed by atoms with Crippen LogP contribution in [0.5, 0.6) is 0 Å². The molecule has 0 N–H and O–H groups in total. The Balaban J connectivity index is 5.16. The highest BCUT2D eigenvalue weighted by atomic mass is 16.6. The molecule has 0 heterocycles. The summed E-state index contributed by atoms with van der Waals surface area (Å²) in [6.45, 7) is 8.54. The number of allylic oxidation sites excluding steroid dienone is 12. The van der Waals surface area contributed by atoms with Crippen molar-refractivity contribution < 1.29 is 9.53 Å².